The third-order valence-corrected chi connectivity index (χ3v) is 4.29. The van der Waals surface area contributed by atoms with Gasteiger partial charge < -0.3 is 14.8 Å². The molecule has 2 aromatic rings. The van der Waals surface area contributed by atoms with Crippen LogP contribution in [-0.4, -0.2) is 42.6 Å². The van der Waals surface area contributed by atoms with Crippen LogP contribution in [0.2, 0.25) is 0 Å². The number of hydrogen-bond donors (Lipinski definition) is 1. The summed E-state index contributed by atoms with van der Waals surface area (Å²) in [6, 6.07) is 8.61. The number of fused-ring (bicyclic) bond motifs is 1. The van der Waals surface area contributed by atoms with Gasteiger partial charge >= 0.3 is 0 Å². The second kappa shape index (κ2) is 5.29. The van der Waals surface area contributed by atoms with Crippen molar-refractivity contribution in [1.29, 1.82) is 0 Å². The van der Waals surface area contributed by atoms with Gasteiger partial charge in [0.05, 0.1) is 0 Å². The minimum atomic E-state index is -0.0250. The van der Waals surface area contributed by atoms with E-state index in [1.165, 1.54) is 23.7 Å². The summed E-state index contributed by atoms with van der Waals surface area (Å²) in [5.41, 5.74) is 1.90. The molecule has 0 radical (unpaired) electrons. The van der Waals surface area contributed by atoms with Crippen molar-refractivity contribution in [3.8, 4) is 0 Å². The number of aromatic nitrogens is 1. The minimum absolute atomic E-state index is 0.0250. The Morgan fingerprint density at radius 1 is 1.25 bits per heavy atom. The van der Waals surface area contributed by atoms with Crippen molar-refractivity contribution in [1.82, 2.24) is 14.8 Å². The molecule has 0 aliphatic carbocycles. The van der Waals surface area contributed by atoms with Crippen molar-refractivity contribution in [2.24, 2.45) is 0 Å². The molecule has 0 atom stereocenters. The zero-order valence-corrected chi connectivity index (χ0v) is 12.1. The maximum absolute atomic E-state index is 11.8. The number of carbonyl (C=O) groups excluding carboxylic acids is 1. The minimum Gasteiger partial charge on any atom is -0.355 e. The van der Waals surface area contributed by atoms with Crippen LogP contribution in [0.4, 0.5) is 0 Å². The van der Waals surface area contributed by atoms with Crippen molar-refractivity contribution in [2.45, 2.75) is 18.9 Å². The van der Waals surface area contributed by atoms with E-state index >= 15 is 0 Å². The van der Waals surface area contributed by atoms with Crippen LogP contribution in [0.25, 0.3) is 10.9 Å². The number of nitrogens with zero attached hydrogens (tertiary/aromatic N) is 2. The molecule has 106 valence electrons. The molecule has 1 N–H and O–H groups in total. The van der Waals surface area contributed by atoms with Crippen molar-refractivity contribution >= 4 is 16.8 Å². The first-order valence-corrected chi connectivity index (χ1v) is 7.20. The number of benzene rings is 1. The van der Waals surface area contributed by atoms with Crippen molar-refractivity contribution in [3.63, 3.8) is 0 Å². The average molecular weight is 271 g/mol. The number of likely N-dealkylation sites (tertiary alicyclic amines) is 1. The monoisotopic (exact) mass is 271 g/mol. The third kappa shape index (κ3) is 2.31. The van der Waals surface area contributed by atoms with E-state index in [0.717, 1.165) is 18.7 Å². The Labute approximate surface area is 119 Å². The molecule has 1 aliphatic heterocycles. The lowest BCUT2D eigenvalue weighted by atomic mass is 10.0. The number of piperidine rings is 1. The first kappa shape index (κ1) is 13.2. The smallest absolute Gasteiger partial charge is 0.251 e. The van der Waals surface area contributed by atoms with E-state index in [1.807, 2.05) is 18.2 Å². The zero-order chi connectivity index (χ0) is 14.1. The summed E-state index contributed by atoms with van der Waals surface area (Å²) in [5, 5.41) is 3.89. The summed E-state index contributed by atoms with van der Waals surface area (Å²) >= 11 is 0. The van der Waals surface area contributed by atoms with Gasteiger partial charge in [-0.3, -0.25) is 4.79 Å². The van der Waals surface area contributed by atoms with E-state index in [1.54, 1.807) is 7.05 Å². The lowest BCUT2D eigenvalue weighted by Crippen LogP contribution is -2.31. The van der Waals surface area contributed by atoms with Gasteiger partial charge in [-0.1, -0.05) is 6.07 Å². The zero-order valence-electron chi connectivity index (χ0n) is 12.1. The summed E-state index contributed by atoms with van der Waals surface area (Å²) < 4.78 is 2.34. The predicted octanol–water partition coefficient (Wildman–Crippen LogP) is 2.27. The highest BCUT2D eigenvalue weighted by atomic mass is 16.1. The van der Waals surface area contributed by atoms with Gasteiger partial charge in [-0.05, 0) is 56.6 Å². The molecule has 1 aliphatic rings. The first-order valence-electron chi connectivity index (χ1n) is 7.20. The molecule has 1 aromatic carbocycles. The Bertz CT molecular complexity index is 624. The van der Waals surface area contributed by atoms with Gasteiger partial charge in [0.25, 0.3) is 5.91 Å². The second-order valence-corrected chi connectivity index (χ2v) is 5.61. The van der Waals surface area contributed by atoms with E-state index in [2.05, 4.69) is 34.1 Å². The fraction of sp³-hybridized carbons (Fsp3) is 0.438. The lowest BCUT2D eigenvalue weighted by Gasteiger charge is -2.30. The maximum Gasteiger partial charge on any atom is 0.251 e. The molecule has 1 amide bonds. The van der Waals surface area contributed by atoms with Gasteiger partial charge in [0, 0.05) is 30.4 Å². The molecule has 0 unspecified atom stereocenters. The summed E-state index contributed by atoms with van der Waals surface area (Å²) in [4.78, 5) is 14.2. The molecule has 0 spiro atoms. The average Bonchev–Trinajstić information content (AvgIpc) is 2.90. The summed E-state index contributed by atoms with van der Waals surface area (Å²) in [7, 11) is 3.84. The molecule has 20 heavy (non-hydrogen) atoms. The van der Waals surface area contributed by atoms with E-state index in [0.29, 0.717) is 6.04 Å². The van der Waals surface area contributed by atoms with Crippen LogP contribution >= 0.6 is 0 Å². The molecule has 1 fully saturated rings. The van der Waals surface area contributed by atoms with Crippen molar-refractivity contribution < 1.29 is 4.79 Å². The van der Waals surface area contributed by atoms with Gasteiger partial charge in [-0.2, -0.15) is 0 Å². The fourth-order valence-electron chi connectivity index (χ4n) is 3.03. The SMILES string of the molecule is CNC(=O)c1ccc2ccn(C3CCN(C)CC3)c2c1. The molecular formula is C16H21N3O. The highest BCUT2D eigenvalue weighted by Gasteiger charge is 2.19. The van der Waals surface area contributed by atoms with Gasteiger partial charge in [0.2, 0.25) is 0 Å². The lowest BCUT2D eigenvalue weighted by molar-refractivity contribution is 0.0963. The van der Waals surface area contributed by atoms with Crippen LogP contribution in [0.1, 0.15) is 29.2 Å². The van der Waals surface area contributed by atoms with E-state index < -0.39 is 0 Å². The predicted molar refractivity (Wildman–Crippen MR) is 81.1 cm³/mol. The van der Waals surface area contributed by atoms with Gasteiger partial charge in [-0.15, -0.1) is 0 Å². The van der Waals surface area contributed by atoms with Crippen LogP contribution in [-0.2, 0) is 0 Å². The standard InChI is InChI=1S/C16H21N3O/c1-17-16(20)13-4-3-12-5-10-19(15(12)11-13)14-6-8-18(2)9-7-14/h3-5,10-11,14H,6-9H2,1-2H3,(H,17,20). The number of rotatable bonds is 2. The maximum atomic E-state index is 11.8. The summed E-state index contributed by atoms with van der Waals surface area (Å²) in [6.07, 6.45) is 4.50. The molecule has 0 bridgehead atoms. The quantitative estimate of drug-likeness (QED) is 0.909. The van der Waals surface area contributed by atoms with Crippen LogP contribution in [0.3, 0.4) is 0 Å². The van der Waals surface area contributed by atoms with Crippen LogP contribution in [0, 0.1) is 0 Å². The molecule has 2 heterocycles. The summed E-state index contributed by atoms with van der Waals surface area (Å²) in [6.45, 7) is 2.28. The Morgan fingerprint density at radius 3 is 2.70 bits per heavy atom. The fourth-order valence-corrected chi connectivity index (χ4v) is 3.03. The molecule has 4 heteroatoms. The van der Waals surface area contributed by atoms with Crippen LogP contribution in [0.15, 0.2) is 30.5 Å². The van der Waals surface area contributed by atoms with Crippen LogP contribution < -0.4 is 5.32 Å². The van der Waals surface area contributed by atoms with E-state index in [4.69, 9.17) is 0 Å². The van der Waals surface area contributed by atoms with Crippen molar-refractivity contribution in [2.75, 3.05) is 27.2 Å². The van der Waals surface area contributed by atoms with E-state index in [-0.39, 0.29) is 5.91 Å². The van der Waals surface area contributed by atoms with Gasteiger partial charge in [-0.25, -0.2) is 0 Å². The molecule has 3 rings (SSSR count). The number of amides is 1. The topological polar surface area (TPSA) is 37.3 Å². The largest absolute Gasteiger partial charge is 0.355 e. The second-order valence-electron chi connectivity index (χ2n) is 5.61. The van der Waals surface area contributed by atoms with Crippen molar-refractivity contribution in [3.05, 3.63) is 36.0 Å². The Balaban J connectivity index is 1.96. The Kier molecular flexibility index (Phi) is 3.49. The third-order valence-electron chi connectivity index (χ3n) is 4.29. The number of hydrogen-bond acceptors (Lipinski definition) is 2. The molecule has 0 saturated carbocycles. The molecule has 4 nitrogen and oxygen atoms in total. The highest BCUT2D eigenvalue weighted by Crippen LogP contribution is 2.27. The van der Waals surface area contributed by atoms with Crippen LogP contribution in [0.5, 0.6) is 0 Å². The first-order chi connectivity index (χ1) is 9.69. The molecular weight excluding hydrogens is 250 g/mol. The van der Waals surface area contributed by atoms with Gasteiger partial charge in [0.15, 0.2) is 0 Å². The number of carbonyl (C=O) groups is 1. The highest BCUT2D eigenvalue weighted by molar-refractivity contribution is 5.97. The Hall–Kier alpha value is -1.81. The summed E-state index contributed by atoms with van der Waals surface area (Å²) in [5.74, 6) is -0.0250. The van der Waals surface area contributed by atoms with E-state index in [9.17, 15) is 4.79 Å². The Morgan fingerprint density at radius 2 is 2.00 bits per heavy atom. The van der Waals surface area contributed by atoms with Gasteiger partial charge in [0.1, 0.15) is 0 Å². The molecule has 1 saturated heterocycles. The normalized spacial score (nSPS) is 17.5. The number of nitrogens with one attached hydrogen (secondary N) is 1. The molecule has 1 aromatic heterocycles.